The molecule has 1 aliphatic heterocycles. The number of benzene rings is 2. The van der Waals surface area contributed by atoms with Crippen LogP contribution in [0, 0.1) is 0 Å². The van der Waals surface area contributed by atoms with Crippen molar-refractivity contribution in [3.05, 3.63) is 59.7 Å². The molecule has 3 rings (SSSR count). The number of carbonyl (C=O) groups is 2. The minimum Gasteiger partial charge on any atom is -0.435 e. The van der Waals surface area contributed by atoms with E-state index in [4.69, 9.17) is 0 Å². The summed E-state index contributed by atoms with van der Waals surface area (Å²) in [6.07, 6.45) is 2.59. The number of carbonyl (C=O) groups excluding carboxylic acids is 2. The van der Waals surface area contributed by atoms with Gasteiger partial charge in [-0.25, -0.2) is 0 Å². The summed E-state index contributed by atoms with van der Waals surface area (Å²) in [5.74, 6) is -0.265. The molecule has 5 nitrogen and oxygen atoms in total. The summed E-state index contributed by atoms with van der Waals surface area (Å²) in [6.45, 7) is -2.37. The van der Waals surface area contributed by atoms with Crippen molar-refractivity contribution in [2.75, 3.05) is 18.4 Å². The number of alkyl halides is 2. The lowest BCUT2D eigenvalue weighted by molar-refractivity contribution is -0.136. The number of piperidine rings is 1. The highest BCUT2D eigenvalue weighted by Crippen LogP contribution is 2.27. The molecule has 1 fully saturated rings. The number of amides is 2. The highest BCUT2D eigenvalue weighted by molar-refractivity contribution is 5.94. The molecule has 1 saturated heterocycles. The number of anilines is 1. The number of ether oxygens (including phenoxy) is 1. The number of nitrogens with zero attached hydrogens (tertiary/aromatic N) is 1. The van der Waals surface area contributed by atoms with Gasteiger partial charge in [-0.3, -0.25) is 9.59 Å². The van der Waals surface area contributed by atoms with Crippen molar-refractivity contribution in [3.63, 3.8) is 0 Å². The van der Waals surface area contributed by atoms with Gasteiger partial charge in [0.15, 0.2) is 0 Å². The van der Waals surface area contributed by atoms with Crippen molar-refractivity contribution in [1.82, 2.24) is 4.90 Å². The molecule has 2 amide bonds. The first-order chi connectivity index (χ1) is 13.5. The van der Waals surface area contributed by atoms with Gasteiger partial charge in [0.2, 0.25) is 11.8 Å². The Morgan fingerprint density at radius 3 is 2.64 bits per heavy atom. The maximum absolute atomic E-state index is 12.7. The smallest absolute Gasteiger partial charge is 0.387 e. The Balaban J connectivity index is 1.72. The molecule has 0 saturated carbocycles. The summed E-state index contributed by atoms with van der Waals surface area (Å²) in [6, 6.07) is 13.9. The lowest BCUT2D eigenvalue weighted by Crippen LogP contribution is -2.40. The van der Waals surface area contributed by atoms with E-state index in [1.165, 1.54) is 17.0 Å². The zero-order valence-electron chi connectivity index (χ0n) is 15.4. The van der Waals surface area contributed by atoms with Crippen LogP contribution >= 0.6 is 0 Å². The second kappa shape index (κ2) is 9.30. The van der Waals surface area contributed by atoms with Crippen LogP contribution in [0.4, 0.5) is 14.5 Å². The first-order valence-electron chi connectivity index (χ1n) is 9.20. The molecule has 0 radical (unpaired) electrons. The van der Waals surface area contributed by atoms with Gasteiger partial charge in [0.25, 0.3) is 0 Å². The number of hydrogen-bond acceptors (Lipinski definition) is 3. The topological polar surface area (TPSA) is 58.6 Å². The van der Waals surface area contributed by atoms with E-state index < -0.39 is 6.61 Å². The van der Waals surface area contributed by atoms with Gasteiger partial charge in [0.05, 0.1) is 6.54 Å². The molecule has 0 spiro atoms. The molecule has 2 aromatic carbocycles. The van der Waals surface area contributed by atoms with Crippen molar-refractivity contribution in [2.45, 2.75) is 32.3 Å². The summed E-state index contributed by atoms with van der Waals surface area (Å²) in [5, 5.41) is 2.74. The van der Waals surface area contributed by atoms with E-state index in [0.717, 1.165) is 18.4 Å². The molecular weight excluding hydrogens is 366 g/mol. The van der Waals surface area contributed by atoms with Crippen LogP contribution in [-0.4, -0.2) is 36.4 Å². The van der Waals surface area contributed by atoms with Crippen LogP contribution in [0.3, 0.4) is 0 Å². The molecule has 7 heteroatoms. The Morgan fingerprint density at radius 1 is 1.14 bits per heavy atom. The molecule has 0 atom stereocenters. The monoisotopic (exact) mass is 388 g/mol. The second-order valence-corrected chi connectivity index (χ2v) is 6.68. The van der Waals surface area contributed by atoms with Gasteiger partial charge in [0, 0.05) is 30.6 Å². The first kappa shape index (κ1) is 19.8. The van der Waals surface area contributed by atoms with E-state index in [1.807, 2.05) is 30.3 Å². The fourth-order valence-electron chi connectivity index (χ4n) is 3.22. The highest BCUT2D eigenvalue weighted by Gasteiger charge is 2.20. The molecule has 1 N–H and O–H groups in total. The summed E-state index contributed by atoms with van der Waals surface area (Å²) in [4.78, 5) is 25.7. The largest absolute Gasteiger partial charge is 0.435 e. The number of hydrogen-bond donors (Lipinski definition) is 1. The lowest BCUT2D eigenvalue weighted by atomic mass is 10.0. The SMILES string of the molecule is O=C(CN1CCCCC1=O)Nc1ccc(OC(F)F)c(Cc2ccccc2)c1. The van der Waals surface area contributed by atoms with Crippen molar-refractivity contribution >= 4 is 17.5 Å². The summed E-state index contributed by atoms with van der Waals surface area (Å²) >= 11 is 0. The normalized spacial score (nSPS) is 14.2. The van der Waals surface area contributed by atoms with Crippen molar-refractivity contribution in [1.29, 1.82) is 0 Å². The van der Waals surface area contributed by atoms with Gasteiger partial charge in [-0.2, -0.15) is 8.78 Å². The van der Waals surface area contributed by atoms with Gasteiger partial charge in [0.1, 0.15) is 5.75 Å². The van der Waals surface area contributed by atoms with Crippen LogP contribution in [0.15, 0.2) is 48.5 Å². The van der Waals surface area contributed by atoms with Gasteiger partial charge >= 0.3 is 6.61 Å². The van der Waals surface area contributed by atoms with Crippen LogP contribution in [0.2, 0.25) is 0 Å². The Hall–Kier alpha value is -2.96. The van der Waals surface area contributed by atoms with E-state index in [0.29, 0.717) is 30.6 Å². The Labute approximate surface area is 162 Å². The lowest BCUT2D eigenvalue weighted by Gasteiger charge is -2.26. The molecule has 0 aliphatic carbocycles. The molecule has 0 unspecified atom stereocenters. The standard InChI is InChI=1S/C21H22F2N2O3/c22-21(23)28-18-10-9-17(13-16(18)12-15-6-2-1-3-7-15)24-19(26)14-25-11-5-4-8-20(25)27/h1-3,6-7,9-10,13,21H,4-5,8,11-12,14H2,(H,24,26). The highest BCUT2D eigenvalue weighted by atomic mass is 19.3. The predicted molar refractivity (Wildman–Crippen MR) is 101 cm³/mol. The van der Waals surface area contributed by atoms with Crippen molar-refractivity contribution in [2.24, 2.45) is 0 Å². The van der Waals surface area contributed by atoms with E-state index in [1.54, 1.807) is 6.07 Å². The molecule has 1 aliphatic rings. The average Bonchev–Trinajstić information content (AvgIpc) is 2.66. The van der Waals surface area contributed by atoms with Crippen LogP contribution < -0.4 is 10.1 Å². The van der Waals surface area contributed by atoms with Crippen molar-refractivity contribution < 1.29 is 23.1 Å². The molecule has 2 aromatic rings. The minimum atomic E-state index is -2.93. The summed E-state index contributed by atoms with van der Waals surface area (Å²) < 4.78 is 30.0. The fourth-order valence-corrected chi connectivity index (χ4v) is 3.22. The molecule has 1 heterocycles. The quantitative estimate of drug-likeness (QED) is 0.784. The number of halogens is 2. The third-order valence-electron chi connectivity index (χ3n) is 4.55. The van der Waals surface area contributed by atoms with E-state index >= 15 is 0 Å². The number of likely N-dealkylation sites (tertiary alicyclic amines) is 1. The second-order valence-electron chi connectivity index (χ2n) is 6.68. The predicted octanol–water partition coefficient (Wildman–Crippen LogP) is 3.83. The Bertz CT molecular complexity index is 828. The Morgan fingerprint density at radius 2 is 1.93 bits per heavy atom. The maximum atomic E-state index is 12.7. The maximum Gasteiger partial charge on any atom is 0.387 e. The van der Waals surface area contributed by atoms with E-state index in [9.17, 15) is 18.4 Å². The molecule has 28 heavy (non-hydrogen) atoms. The van der Waals surface area contributed by atoms with Crippen LogP contribution in [0.5, 0.6) is 5.75 Å². The van der Waals surface area contributed by atoms with E-state index in [2.05, 4.69) is 10.1 Å². The van der Waals surface area contributed by atoms with Crippen LogP contribution in [0.1, 0.15) is 30.4 Å². The summed E-state index contributed by atoms with van der Waals surface area (Å²) in [5.41, 5.74) is 1.95. The van der Waals surface area contributed by atoms with Gasteiger partial charge in [-0.1, -0.05) is 30.3 Å². The molecule has 0 aromatic heterocycles. The molecule has 0 bridgehead atoms. The number of nitrogens with one attached hydrogen (secondary N) is 1. The van der Waals surface area contributed by atoms with Crippen LogP contribution in [-0.2, 0) is 16.0 Å². The summed E-state index contributed by atoms with van der Waals surface area (Å²) in [7, 11) is 0. The third-order valence-corrected chi connectivity index (χ3v) is 4.55. The average molecular weight is 388 g/mol. The van der Waals surface area contributed by atoms with Gasteiger partial charge in [-0.05, 0) is 36.6 Å². The van der Waals surface area contributed by atoms with Crippen molar-refractivity contribution in [3.8, 4) is 5.75 Å². The zero-order valence-corrected chi connectivity index (χ0v) is 15.4. The fraction of sp³-hybridized carbons (Fsp3) is 0.333. The molecular formula is C21H22F2N2O3. The Kier molecular flexibility index (Phi) is 6.57. The minimum absolute atomic E-state index is 0.0118. The first-order valence-corrected chi connectivity index (χ1v) is 9.20. The van der Waals surface area contributed by atoms with Crippen LogP contribution in [0.25, 0.3) is 0 Å². The number of rotatable bonds is 7. The van der Waals surface area contributed by atoms with E-state index in [-0.39, 0.29) is 24.1 Å². The third kappa shape index (κ3) is 5.52. The van der Waals surface area contributed by atoms with Gasteiger partial charge in [-0.15, -0.1) is 0 Å². The zero-order chi connectivity index (χ0) is 19.9. The molecule has 148 valence electrons. The van der Waals surface area contributed by atoms with Gasteiger partial charge < -0.3 is 15.0 Å².